The number of nitrogens with one attached hydrogen (secondary N) is 3. The van der Waals surface area contributed by atoms with E-state index in [2.05, 4.69) is 16.0 Å². The Hall–Kier alpha value is -7.63. The lowest BCUT2D eigenvalue weighted by Gasteiger charge is -2.09. The van der Waals surface area contributed by atoms with Gasteiger partial charge < -0.3 is 25.1 Å². The first-order valence-corrected chi connectivity index (χ1v) is 22.6. The SMILES string of the molecule is C[n+]1cccc2cc(NC(=O)c3ccc(C(=O)Nc4ccc(NC(=O)c5ccc6c(ccc[n+]6C)c5)cc4)cc3)ccc21.Cc1ccc(S(=O)(=O)[O-])cc1.Cc1ccc(S(=O)(=O)[O-])cc1. The third-order valence-corrected chi connectivity index (χ3v) is 11.6. The molecule has 0 atom stereocenters. The molecule has 0 spiro atoms. The van der Waals surface area contributed by atoms with Gasteiger partial charge in [0.2, 0.25) is 11.0 Å². The molecule has 0 saturated carbocycles. The van der Waals surface area contributed by atoms with Crippen molar-refractivity contribution in [3.63, 3.8) is 0 Å². The fraction of sp³-hybridized carbons (Fsp3) is 0.0816. The topological polar surface area (TPSA) is 209 Å². The number of hydrogen-bond donors (Lipinski definition) is 3. The monoisotopic (exact) mass is 909 g/mol. The summed E-state index contributed by atoms with van der Waals surface area (Å²) in [6, 6.07) is 44.1. The van der Waals surface area contributed by atoms with Gasteiger partial charge in [-0.3, -0.25) is 14.4 Å². The van der Waals surface area contributed by atoms with E-state index in [1.54, 1.807) is 78.9 Å². The van der Waals surface area contributed by atoms with Gasteiger partial charge in [-0.2, -0.15) is 0 Å². The highest BCUT2D eigenvalue weighted by atomic mass is 32.2. The first-order chi connectivity index (χ1) is 30.8. The summed E-state index contributed by atoms with van der Waals surface area (Å²) in [5.74, 6) is -0.790. The predicted molar refractivity (Wildman–Crippen MR) is 245 cm³/mol. The molecule has 0 aliphatic heterocycles. The number of rotatable bonds is 8. The highest BCUT2D eigenvalue weighted by Crippen LogP contribution is 2.20. The number of anilines is 3. The molecule has 14 nitrogen and oxygen atoms in total. The van der Waals surface area contributed by atoms with Crippen molar-refractivity contribution < 1.29 is 49.5 Å². The van der Waals surface area contributed by atoms with Gasteiger partial charge in [0.1, 0.15) is 34.3 Å². The molecule has 65 heavy (non-hydrogen) atoms. The van der Waals surface area contributed by atoms with Gasteiger partial charge >= 0.3 is 0 Å². The number of carbonyl (C=O) groups is 3. The van der Waals surface area contributed by atoms with Gasteiger partial charge in [-0.05, 0) is 123 Å². The van der Waals surface area contributed by atoms with Crippen LogP contribution in [0.15, 0.2) is 180 Å². The zero-order valence-corrected chi connectivity index (χ0v) is 37.2. The molecular weight excluding hydrogens is 867 g/mol. The third kappa shape index (κ3) is 12.7. The minimum Gasteiger partial charge on any atom is -0.744 e. The van der Waals surface area contributed by atoms with Crippen LogP contribution >= 0.6 is 0 Å². The second kappa shape index (κ2) is 20.3. The van der Waals surface area contributed by atoms with Crippen LogP contribution in [0.1, 0.15) is 42.2 Å². The van der Waals surface area contributed by atoms with Crippen molar-refractivity contribution in [2.75, 3.05) is 16.0 Å². The first-order valence-electron chi connectivity index (χ1n) is 19.8. The second-order valence-corrected chi connectivity index (χ2v) is 17.6. The van der Waals surface area contributed by atoms with E-state index in [0.29, 0.717) is 33.8 Å². The zero-order chi connectivity index (χ0) is 46.9. The van der Waals surface area contributed by atoms with Gasteiger partial charge in [0.05, 0.1) is 9.79 Å². The Balaban J connectivity index is 0.000000259. The van der Waals surface area contributed by atoms with Crippen LogP contribution < -0.4 is 25.1 Å². The molecule has 0 unspecified atom stereocenters. The lowest BCUT2D eigenvalue weighted by atomic mass is 10.1. The van der Waals surface area contributed by atoms with E-state index in [1.165, 1.54) is 24.3 Å². The maximum absolute atomic E-state index is 12.8. The van der Waals surface area contributed by atoms with Crippen molar-refractivity contribution in [1.29, 1.82) is 0 Å². The molecule has 8 rings (SSSR count). The number of carbonyl (C=O) groups excluding carboxylic acids is 3. The minimum absolute atomic E-state index is 0.178. The summed E-state index contributed by atoms with van der Waals surface area (Å²) < 4.78 is 66.4. The van der Waals surface area contributed by atoms with Crippen molar-refractivity contribution in [1.82, 2.24) is 0 Å². The summed E-state index contributed by atoms with van der Waals surface area (Å²) in [7, 11) is -4.60. The standard InChI is InChI=1S/C35H27N5O3.2C7H8O3S/c1-39-19-3-5-25-21-27(11-17-31(25)39)35(43)37-29-14-12-28(13-15-29)36-33(41)23-7-9-24(10-8-23)34(42)38-30-16-18-32-26(22-30)6-4-20-40(32)2;2*1-6-2-4-7(5-3-6)11(8,9)10/h3-22H,1-2H3,(H-2,36,37,38,41,42,43);2*2-5H,1H3,(H,8,9,10). The fourth-order valence-electron chi connectivity index (χ4n) is 6.38. The Labute approximate surface area is 376 Å². The van der Waals surface area contributed by atoms with E-state index in [9.17, 15) is 40.3 Å². The number of hydrogen-bond acceptors (Lipinski definition) is 9. The predicted octanol–water partition coefficient (Wildman–Crippen LogP) is 7.20. The normalized spacial score (nSPS) is 11.0. The molecule has 0 radical (unpaired) electrons. The summed E-state index contributed by atoms with van der Waals surface area (Å²) in [5.41, 5.74) is 7.24. The molecule has 0 saturated heterocycles. The van der Waals surface area contributed by atoms with Gasteiger partial charge in [-0.15, -0.1) is 0 Å². The highest BCUT2D eigenvalue weighted by Gasteiger charge is 2.13. The molecule has 3 amide bonds. The van der Waals surface area contributed by atoms with Gasteiger partial charge in [0.25, 0.3) is 17.7 Å². The lowest BCUT2D eigenvalue weighted by molar-refractivity contribution is -0.645. The van der Waals surface area contributed by atoms with E-state index in [1.807, 2.05) is 104 Å². The number of benzene rings is 6. The quantitative estimate of drug-likeness (QED) is 0.104. The van der Waals surface area contributed by atoms with Crippen molar-refractivity contribution in [3.05, 3.63) is 198 Å². The van der Waals surface area contributed by atoms with Crippen LogP contribution in [0, 0.1) is 13.8 Å². The van der Waals surface area contributed by atoms with E-state index < -0.39 is 20.2 Å². The first kappa shape index (κ1) is 46.9. The van der Waals surface area contributed by atoms with Crippen LogP contribution in [0.4, 0.5) is 17.1 Å². The molecule has 2 heterocycles. The van der Waals surface area contributed by atoms with Crippen LogP contribution in [0.5, 0.6) is 0 Å². The van der Waals surface area contributed by atoms with Gasteiger partial charge in [-0.25, -0.2) is 26.0 Å². The highest BCUT2D eigenvalue weighted by molar-refractivity contribution is 7.86. The Morgan fingerprint density at radius 2 is 0.769 bits per heavy atom. The summed E-state index contributed by atoms with van der Waals surface area (Å²) >= 11 is 0. The second-order valence-electron chi connectivity index (χ2n) is 14.8. The zero-order valence-electron chi connectivity index (χ0n) is 35.6. The Morgan fingerprint density at radius 1 is 0.431 bits per heavy atom. The van der Waals surface area contributed by atoms with Gasteiger partial charge in [-0.1, -0.05) is 35.4 Å². The van der Waals surface area contributed by atoms with Crippen LogP contribution in [0.3, 0.4) is 0 Å². The molecule has 2 aromatic heterocycles. The maximum Gasteiger partial charge on any atom is 0.255 e. The average Bonchev–Trinajstić information content (AvgIpc) is 3.27. The Kier molecular flexibility index (Phi) is 14.6. The molecule has 0 fully saturated rings. The Bertz CT molecular complexity index is 3180. The maximum atomic E-state index is 12.8. The largest absolute Gasteiger partial charge is 0.744 e. The molecule has 16 heteroatoms. The number of pyridine rings is 2. The van der Waals surface area contributed by atoms with Crippen LogP contribution in [-0.2, 0) is 34.3 Å². The molecule has 8 aromatic rings. The number of nitrogens with zero attached hydrogens (tertiary/aromatic N) is 2. The lowest BCUT2D eigenvalue weighted by Crippen LogP contribution is -2.27. The number of aromatic nitrogens is 2. The summed E-state index contributed by atoms with van der Waals surface area (Å²) in [6.07, 6.45) is 3.94. The number of fused-ring (bicyclic) bond motifs is 2. The molecule has 0 aliphatic carbocycles. The average molecular weight is 910 g/mol. The molecule has 3 N–H and O–H groups in total. The molecule has 0 bridgehead atoms. The van der Waals surface area contributed by atoms with E-state index >= 15 is 0 Å². The molecule has 330 valence electrons. The van der Waals surface area contributed by atoms with E-state index in [0.717, 1.165) is 32.9 Å². The van der Waals surface area contributed by atoms with Crippen LogP contribution in [-0.4, -0.2) is 43.7 Å². The number of aryl methyl sites for hydroxylation is 4. The number of amides is 3. The molecular formula is C49H43N5O9S2. The fourth-order valence-corrected chi connectivity index (χ4v) is 7.32. The summed E-state index contributed by atoms with van der Waals surface area (Å²) in [6.45, 7) is 3.64. The summed E-state index contributed by atoms with van der Waals surface area (Å²) in [4.78, 5) is 38.1. The van der Waals surface area contributed by atoms with Gasteiger partial charge in [0.15, 0.2) is 12.4 Å². The van der Waals surface area contributed by atoms with E-state index in [4.69, 9.17) is 0 Å². The van der Waals surface area contributed by atoms with Crippen molar-refractivity contribution >= 4 is 76.8 Å². The van der Waals surface area contributed by atoms with Crippen molar-refractivity contribution in [2.24, 2.45) is 14.1 Å². The van der Waals surface area contributed by atoms with Gasteiger partial charge in [0, 0.05) is 68.8 Å². The summed E-state index contributed by atoms with van der Waals surface area (Å²) in [5, 5.41) is 10.7. The molecule has 6 aromatic carbocycles. The smallest absolute Gasteiger partial charge is 0.255 e. The van der Waals surface area contributed by atoms with Crippen molar-refractivity contribution in [3.8, 4) is 0 Å². The van der Waals surface area contributed by atoms with Crippen LogP contribution in [0.25, 0.3) is 21.8 Å². The Morgan fingerprint density at radius 3 is 1.18 bits per heavy atom. The third-order valence-electron chi connectivity index (χ3n) is 9.94. The van der Waals surface area contributed by atoms with E-state index in [-0.39, 0.29) is 27.5 Å². The van der Waals surface area contributed by atoms with Crippen molar-refractivity contribution in [2.45, 2.75) is 23.6 Å². The van der Waals surface area contributed by atoms with Crippen LogP contribution in [0.2, 0.25) is 0 Å². The minimum atomic E-state index is -4.27. The molecule has 0 aliphatic rings.